The summed E-state index contributed by atoms with van der Waals surface area (Å²) in [4.78, 5) is 17.2. The molecule has 0 unspecified atom stereocenters. The molecule has 0 radical (unpaired) electrons. The first-order valence-corrected chi connectivity index (χ1v) is 12.1. The number of benzene rings is 1. The summed E-state index contributed by atoms with van der Waals surface area (Å²) >= 11 is 0. The summed E-state index contributed by atoms with van der Waals surface area (Å²) in [7, 11) is -3.29. The highest BCUT2D eigenvalue weighted by Crippen LogP contribution is 2.17. The molecule has 0 atom stereocenters. The minimum atomic E-state index is -3.29. The van der Waals surface area contributed by atoms with Crippen molar-refractivity contribution in [2.24, 2.45) is 0 Å². The average Bonchev–Trinajstić information content (AvgIpc) is 3.17. The van der Waals surface area contributed by atoms with Crippen LogP contribution in [-0.2, 0) is 27.6 Å². The van der Waals surface area contributed by atoms with E-state index in [2.05, 4.69) is 16.1 Å². The Balaban J connectivity index is 1.30. The van der Waals surface area contributed by atoms with Crippen LogP contribution in [0.3, 0.4) is 0 Å². The van der Waals surface area contributed by atoms with E-state index in [0.29, 0.717) is 18.0 Å². The van der Waals surface area contributed by atoms with Crippen LogP contribution >= 0.6 is 0 Å². The van der Waals surface area contributed by atoms with Crippen molar-refractivity contribution in [2.75, 3.05) is 26.2 Å². The van der Waals surface area contributed by atoms with Crippen molar-refractivity contribution in [1.82, 2.24) is 19.4 Å². The van der Waals surface area contributed by atoms with E-state index >= 15 is 0 Å². The molecule has 3 heterocycles. The number of hydrogen-bond donors (Lipinski definition) is 0. The van der Waals surface area contributed by atoms with E-state index in [0.717, 1.165) is 36.4 Å². The molecule has 1 fully saturated rings. The molecule has 2 aromatic heterocycles. The lowest BCUT2D eigenvalue weighted by atomic mass is 10.1. The van der Waals surface area contributed by atoms with Crippen molar-refractivity contribution in [3.05, 3.63) is 66.0 Å². The van der Waals surface area contributed by atoms with Crippen LogP contribution < -0.4 is 0 Å². The third kappa shape index (κ3) is 4.80. The minimum Gasteiger partial charge on any atom is -0.340 e. The monoisotopic (exact) mass is 440 g/mol. The van der Waals surface area contributed by atoms with Crippen LogP contribution in [0.2, 0.25) is 0 Å². The van der Waals surface area contributed by atoms with Crippen LogP contribution in [0.1, 0.15) is 25.1 Å². The molecule has 0 spiro atoms. The lowest BCUT2D eigenvalue weighted by Crippen LogP contribution is -2.48. The van der Waals surface area contributed by atoms with Gasteiger partial charge in [0.15, 0.2) is 9.84 Å². The molecule has 0 saturated carbocycles. The Labute approximate surface area is 183 Å². The smallest absolute Gasteiger partial charge is 0.227 e. The zero-order chi connectivity index (χ0) is 22.0. The summed E-state index contributed by atoms with van der Waals surface area (Å²) in [6.07, 6.45) is 2.23. The number of nitrogens with zero attached hydrogens (tertiary/aromatic N) is 4. The molecule has 1 amide bonds. The number of fused-ring (bicyclic) bond motifs is 1. The molecule has 164 valence electrons. The Kier molecular flexibility index (Phi) is 6.11. The summed E-state index contributed by atoms with van der Waals surface area (Å²) in [6.45, 7) is 7.10. The highest BCUT2D eigenvalue weighted by atomic mass is 32.2. The largest absolute Gasteiger partial charge is 0.340 e. The number of pyridine rings is 1. The molecule has 1 aliphatic rings. The molecule has 7 nitrogen and oxygen atoms in total. The van der Waals surface area contributed by atoms with Gasteiger partial charge in [-0.05, 0) is 49.7 Å². The van der Waals surface area contributed by atoms with Gasteiger partial charge in [0, 0.05) is 38.9 Å². The maximum atomic E-state index is 12.7. The van der Waals surface area contributed by atoms with E-state index in [1.807, 2.05) is 33.8 Å². The summed E-state index contributed by atoms with van der Waals surface area (Å²) in [6, 6.07) is 14.8. The van der Waals surface area contributed by atoms with Crippen LogP contribution in [0, 0.1) is 0 Å². The standard InChI is InChI=1S/C23H28N4O3S/c1-18(2)31(29,30)22-8-6-19(7-9-22)15-23(28)26-13-11-25(12-14-26)17-20-16-21-5-3-4-10-27(21)24-20/h3-10,16,18H,11-15,17H2,1-2H3. The van der Waals surface area contributed by atoms with Gasteiger partial charge in [-0.1, -0.05) is 18.2 Å². The lowest BCUT2D eigenvalue weighted by molar-refractivity contribution is -0.132. The predicted octanol–water partition coefficient (Wildman–Crippen LogP) is 2.40. The third-order valence-electron chi connectivity index (χ3n) is 5.76. The second-order valence-corrected chi connectivity index (χ2v) is 10.8. The van der Waals surface area contributed by atoms with Gasteiger partial charge in [-0.3, -0.25) is 9.69 Å². The normalized spacial score (nSPS) is 15.6. The molecule has 1 aliphatic heterocycles. The molecule has 1 saturated heterocycles. The Hall–Kier alpha value is -2.71. The minimum absolute atomic E-state index is 0.0758. The molecule has 1 aromatic carbocycles. The zero-order valence-electron chi connectivity index (χ0n) is 17.9. The van der Waals surface area contributed by atoms with Crippen molar-refractivity contribution in [1.29, 1.82) is 0 Å². The Morgan fingerprint density at radius 1 is 1.03 bits per heavy atom. The van der Waals surface area contributed by atoms with E-state index in [1.165, 1.54) is 0 Å². The molecule has 8 heteroatoms. The molecule has 4 rings (SSSR count). The Bertz CT molecular complexity index is 1130. The highest BCUT2D eigenvalue weighted by Gasteiger charge is 2.23. The van der Waals surface area contributed by atoms with Gasteiger partial charge in [-0.15, -0.1) is 0 Å². The summed E-state index contributed by atoms with van der Waals surface area (Å²) in [5.74, 6) is 0.0758. The van der Waals surface area contributed by atoms with Crippen LogP contribution in [0.5, 0.6) is 0 Å². The molecular formula is C23H28N4O3S. The van der Waals surface area contributed by atoms with Gasteiger partial charge in [0.1, 0.15) is 0 Å². The van der Waals surface area contributed by atoms with Gasteiger partial charge in [0.25, 0.3) is 0 Å². The first-order chi connectivity index (χ1) is 14.8. The van der Waals surface area contributed by atoms with Crippen LogP contribution in [0.15, 0.2) is 59.6 Å². The van der Waals surface area contributed by atoms with Gasteiger partial charge in [0.05, 0.1) is 27.8 Å². The number of hydrogen-bond acceptors (Lipinski definition) is 5. The van der Waals surface area contributed by atoms with Crippen molar-refractivity contribution < 1.29 is 13.2 Å². The van der Waals surface area contributed by atoms with Gasteiger partial charge in [-0.2, -0.15) is 5.10 Å². The van der Waals surface area contributed by atoms with Crippen LogP contribution in [0.25, 0.3) is 5.52 Å². The van der Waals surface area contributed by atoms with E-state index < -0.39 is 15.1 Å². The third-order valence-corrected chi connectivity index (χ3v) is 7.93. The Morgan fingerprint density at radius 3 is 2.39 bits per heavy atom. The topological polar surface area (TPSA) is 75.0 Å². The van der Waals surface area contributed by atoms with Crippen molar-refractivity contribution in [3.63, 3.8) is 0 Å². The van der Waals surface area contributed by atoms with Crippen LogP contribution in [0.4, 0.5) is 0 Å². The van der Waals surface area contributed by atoms with Gasteiger partial charge in [-0.25, -0.2) is 12.9 Å². The van der Waals surface area contributed by atoms with Crippen molar-refractivity contribution >= 4 is 21.3 Å². The number of carbonyl (C=O) groups is 1. The molecule has 0 N–H and O–H groups in total. The summed E-state index contributed by atoms with van der Waals surface area (Å²) < 4.78 is 26.4. The second kappa shape index (κ2) is 8.80. The molecule has 0 bridgehead atoms. The second-order valence-electron chi connectivity index (χ2n) is 8.28. The lowest BCUT2D eigenvalue weighted by Gasteiger charge is -2.34. The highest BCUT2D eigenvalue weighted by molar-refractivity contribution is 7.92. The summed E-state index contributed by atoms with van der Waals surface area (Å²) in [5, 5.41) is 4.14. The fourth-order valence-electron chi connectivity index (χ4n) is 3.81. The van der Waals surface area contributed by atoms with Gasteiger partial charge in [0.2, 0.25) is 5.91 Å². The maximum Gasteiger partial charge on any atom is 0.227 e. The molecule has 0 aliphatic carbocycles. The summed E-state index contributed by atoms with van der Waals surface area (Å²) in [5.41, 5.74) is 2.95. The Morgan fingerprint density at radius 2 is 1.74 bits per heavy atom. The van der Waals surface area contributed by atoms with Gasteiger partial charge < -0.3 is 4.90 Å². The predicted molar refractivity (Wildman–Crippen MR) is 120 cm³/mol. The van der Waals surface area contributed by atoms with Crippen LogP contribution in [-0.4, -0.2) is 65.2 Å². The fraction of sp³-hybridized carbons (Fsp3) is 0.391. The SMILES string of the molecule is CC(C)S(=O)(=O)c1ccc(CC(=O)N2CCN(Cc3cc4ccccn4n3)CC2)cc1. The van der Waals surface area contributed by atoms with E-state index in [4.69, 9.17) is 0 Å². The number of sulfone groups is 1. The number of rotatable bonds is 6. The number of amides is 1. The van der Waals surface area contributed by atoms with E-state index in [9.17, 15) is 13.2 Å². The number of piperazine rings is 1. The first kappa shape index (κ1) is 21.5. The van der Waals surface area contributed by atoms with Gasteiger partial charge >= 0.3 is 0 Å². The van der Waals surface area contributed by atoms with E-state index in [1.54, 1.807) is 38.1 Å². The quantitative estimate of drug-likeness (QED) is 0.588. The fourth-order valence-corrected chi connectivity index (χ4v) is 4.87. The van der Waals surface area contributed by atoms with Crippen molar-refractivity contribution in [3.8, 4) is 0 Å². The van der Waals surface area contributed by atoms with Crippen molar-refractivity contribution in [2.45, 2.75) is 37.0 Å². The average molecular weight is 441 g/mol. The number of aromatic nitrogens is 2. The van der Waals surface area contributed by atoms with E-state index in [-0.39, 0.29) is 12.3 Å². The maximum absolute atomic E-state index is 12.7. The molecular weight excluding hydrogens is 412 g/mol. The molecule has 3 aromatic rings. The molecule has 31 heavy (non-hydrogen) atoms. The zero-order valence-corrected chi connectivity index (χ0v) is 18.8. The number of carbonyl (C=O) groups excluding carboxylic acids is 1. The first-order valence-electron chi connectivity index (χ1n) is 10.6.